The van der Waals surface area contributed by atoms with Gasteiger partial charge in [0.05, 0.1) is 11.9 Å². The highest BCUT2D eigenvalue weighted by molar-refractivity contribution is 5.97. The molecule has 9 heteroatoms. The first-order chi connectivity index (χ1) is 15.5. The Morgan fingerprint density at radius 1 is 1.09 bits per heavy atom. The first kappa shape index (κ1) is 19.6. The minimum Gasteiger partial charge on any atom is -0.454 e. The number of aryl methyl sites for hydroxylation is 2. The lowest BCUT2D eigenvalue weighted by atomic mass is 10.1. The fraction of sp³-hybridized carbons (Fsp3) is 0.130. The number of hydrogen-bond donors (Lipinski definition) is 1. The van der Waals surface area contributed by atoms with Gasteiger partial charge in [0.25, 0.3) is 11.5 Å². The van der Waals surface area contributed by atoms with Crippen LogP contribution in [0, 0.1) is 13.8 Å². The van der Waals surface area contributed by atoms with Crippen LogP contribution in [-0.2, 0) is 4.79 Å². The van der Waals surface area contributed by atoms with Gasteiger partial charge in [-0.15, -0.1) is 0 Å². The van der Waals surface area contributed by atoms with E-state index < -0.39 is 11.5 Å². The van der Waals surface area contributed by atoms with Crippen LogP contribution in [0.15, 0.2) is 59.8 Å². The van der Waals surface area contributed by atoms with Crippen LogP contribution in [0.1, 0.15) is 16.7 Å². The molecule has 3 heterocycles. The van der Waals surface area contributed by atoms with Gasteiger partial charge in [0, 0.05) is 6.08 Å². The number of nitrogens with one attached hydrogen (secondary N) is 1. The zero-order valence-electron chi connectivity index (χ0n) is 17.4. The van der Waals surface area contributed by atoms with Crippen LogP contribution in [-0.4, -0.2) is 32.1 Å². The molecule has 0 bridgehead atoms. The van der Waals surface area contributed by atoms with E-state index in [0.29, 0.717) is 22.5 Å². The summed E-state index contributed by atoms with van der Waals surface area (Å²) in [6.45, 7) is 4.22. The lowest BCUT2D eigenvalue weighted by Gasteiger charge is -2.08. The van der Waals surface area contributed by atoms with Crippen LogP contribution >= 0.6 is 0 Å². The number of amides is 1. The van der Waals surface area contributed by atoms with Gasteiger partial charge < -0.3 is 9.47 Å². The molecule has 1 amide bonds. The molecule has 2 aromatic carbocycles. The maximum Gasteiger partial charge on any atom is 0.283 e. The summed E-state index contributed by atoms with van der Waals surface area (Å²) in [7, 11) is 0. The van der Waals surface area contributed by atoms with E-state index in [1.807, 2.05) is 32.0 Å². The highest BCUT2D eigenvalue weighted by Gasteiger charge is 2.14. The Morgan fingerprint density at radius 2 is 1.94 bits per heavy atom. The molecule has 160 valence electrons. The van der Waals surface area contributed by atoms with Gasteiger partial charge in [0.15, 0.2) is 17.1 Å². The predicted molar refractivity (Wildman–Crippen MR) is 119 cm³/mol. The van der Waals surface area contributed by atoms with Crippen molar-refractivity contribution in [3.05, 3.63) is 82.0 Å². The monoisotopic (exact) mass is 429 g/mol. The fourth-order valence-electron chi connectivity index (χ4n) is 3.38. The Kier molecular flexibility index (Phi) is 4.70. The molecule has 0 atom stereocenters. The van der Waals surface area contributed by atoms with Crippen LogP contribution in [0.2, 0.25) is 0 Å². The number of nitrogens with zero attached hydrogens (tertiary/aromatic N) is 4. The zero-order chi connectivity index (χ0) is 22.2. The van der Waals surface area contributed by atoms with Gasteiger partial charge in [-0.3, -0.25) is 15.0 Å². The molecule has 0 radical (unpaired) electrons. The van der Waals surface area contributed by atoms with Crippen molar-refractivity contribution in [1.82, 2.24) is 19.4 Å². The highest BCUT2D eigenvalue weighted by Crippen LogP contribution is 2.32. The van der Waals surface area contributed by atoms with Crippen LogP contribution in [0.4, 0.5) is 0 Å². The summed E-state index contributed by atoms with van der Waals surface area (Å²) in [5.41, 5.74) is 6.36. The molecule has 32 heavy (non-hydrogen) atoms. The van der Waals surface area contributed by atoms with Crippen molar-refractivity contribution in [1.29, 1.82) is 0 Å². The molecule has 0 saturated heterocycles. The molecule has 0 saturated carbocycles. The summed E-state index contributed by atoms with van der Waals surface area (Å²) in [6, 6.07) is 11.2. The van der Waals surface area contributed by atoms with Crippen LogP contribution in [0.5, 0.6) is 11.5 Å². The summed E-state index contributed by atoms with van der Waals surface area (Å²) >= 11 is 0. The Morgan fingerprint density at radius 3 is 2.78 bits per heavy atom. The minimum absolute atomic E-state index is 0.182. The summed E-state index contributed by atoms with van der Waals surface area (Å²) in [4.78, 5) is 29.5. The standard InChI is InChI=1S/C23H19N5O4/c1-14-3-6-17(9-15(14)2)28-22-18(11-25-28)23(30)27(12-24-22)26-21(29)8-5-16-4-7-19-20(10-16)32-13-31-19/h3-12H,13H2,1-2H3,(H,26,29)/b8-5+. The molecule has 4 aromatic rings. The Labute approximate surface area is 182 Å². The van der Waals surface area contributed by atoms with Crippen molar-refractivity contribution in [2.24, 2.45) is 0 Å². The summed E-state index contributed by atoms with van der Waals surface area (Å²) in [5, 5.41) is 4.61. The summed E-state index contributed by atoms with van der Waals surface area (Å²) < 4.78 is 13.2. The second-order valence-corrected chi connectivity index (χ2v) is 7.40. The molecule has 9 nitrogen and oxygen atoms in total. The summed E-state index contributed by atoms with van der Waals surface area (Å²) in [5.74, 6) is 0.811. The number of carbonyl (C=O) groups is 1. The smallest absolute Gasteiger partial charge is 0.283 e. The molecule has 1 aliphatic rings. The van der Waals surface area contributed by atoms with Crippen molar-refractivity contribution in [3.63, 3.8) is 0 Å². The van der Waals surface area contributed by atoms with E-state index in [0.717, 1.165) is 27.1 Å². The van der Waals surface area contributed by atoms with Crippen molar-refractivity contribution < 1.29 is 14.3 Å². The largest absolute Gasteiger partial charge is 0.454 e. The maximum atomic E-state index is 12.8. The second kappa shape index (κ2) is 7.69. The van der Waals surface area contributed by atoms with Gasteiger partial charge in [0.1, 0.15) is 11.7 Å². The first-order valence-corrected chi connectivity index (χ1v) is 9.91. The number of fused-ring (bicyclic) bond motifs is 2. The average molecular weight is 429 g/mol. The van der Waals surface area contributed by atoms with Gasteiger partial charge in [-0.2, -0.15) is 5.10 Å². The van der Waals surface area contributed by atoms with Crippen molar-refractivity contribution in [2.45, 2.75) is 13.8 Å². The highest BCUT2D eigenvalue weighted by atomic mass is 16.7. The SMILES string of the molecule is Cc1ccc(-n2ncc3c(=O)n(NC(=O)/C=C/c4ccc5c(c4)OCO5)cnc32)cc1C. The number of ether oxygens (including phenoxy) is 2. The third-order valence-corrected chi connectivity index (χ3v) is 5.28. The van der Waals surface area contributed by atoms with Crippen molar-refractivity contribution in [2.75, 3.05) is 12.2 Å². The minimum atomic E-state index is -0.479. The lowest BCUT2D eigenvalue weighted by molar-refractivity contribution is -0.112. The molecule has 2 aromatic heterocycles. The van der Waals surface area contributed by atoms with Crippen molar-refractivity contribution >= 4 is 23.0 Å². The van der Waals surface area contributed by atoms with Crippen molar-refractivity contribution in [3.8, 4) is 17.2 Å². The molecule has 1 N–H and O–H groups in total. The van der Waals surface area contributed by atoms with E-state index in [-0.39, 0.29) is 6.79 Å². The third-order valence-electron chi connectivity index (χ3n) is 5.28. The van der Waals surface area contributed by atoms with Crippen LogP contribution in [0.25, 0.3) is 22.8 Å². The van der Waals surface area contributed by atoms with Crippen LogP contribution in [0.3, 0.4) is 0 Å². The Balaban J connectivity index is 1.38. The maximum absolute atomic E-state index is 12.8. The normalized spacial score (nSPS) is 12.6. The quantitative estimate of drug-likeness (QED) is 0.501. The van der Waals surface area contributed by atoms with Gasteiger partial charge in [-0.1, -0.05) is 12.1 Å². The first-order valence-electron chi connectivity index (χ1n) is 9.91. The number of benzene rings is 2. The molecular formula is C23H19N5O4. The van der Waals surface area contributed by atoms with E-state index >= 15 is 0 Å². The Bertz CT molecular complexity index is 1450. The topological polar surface area (TPSA) is 100 Å². The van der Waals surface area contributed by atoms with Gasteiger partial charge in [0.2, 0.25) is 6.79 Å². The third kappa shape index (κ3) is 3.49. The molecule has 0 unspecified atom stereocenters. The molecular weight excluding hydrogens is 410 g/mol. The Hall–Kier alpha value is -4.40. The number of hydrogen-bond acceptors (Lipinski definition) is 6. The molecule has 0 spiro atoms. The van der Waals surface area contributed by atoms with Gasteiger partial charge in [-0.25, -0.2) is 14.3 Å². The fourth-order valence-corrected chi connectivity index (χ4v) is 3.38. The number of carbonyl (C=O) groups excluding carboxylic acids is 1. The van der Waals surface area contributed by atoms with Gasteiger partial charge in [-0.05, 0) is 60.9 Å². The van der Waals surface area contributed by atoms with E-state index in [4.69, 9.17) is 9.47 Å². The van der Waals surface area contributed by atoms with Crippen LogP contribution < -0.4 is 20.5 Å². The summed E-state index contributed by atoms with van der Waals surface area (Å²) in [6.07, 6.45) is 5.67. The molecule has 0 aliphatic carbocycles. The second-order valence-electron chi connectivity index (χ2n) is 7.40. The predicted octanol–water partition coefficient (Wildman–Crippen LogP) is 2.71. The molecule has 0 fully saturated rings. The molecule has 1 aliphatic heterocycles. The van der Waals surface area contributed by atoms with E-state index in [2.05, 4.69) is 15.5 Å². The van der Waals surface area contributed by atoms with Gasteiger partial charge >= 0.3 is 0 Å². The van der Waals surface area contributed by atoms with E-state index in [1.165, 1.54) is 18.6 Å². The van der Waals surface area contributed by atoms with E-state index in [1.54, 1.807) is 29.0 Å². The lowest BCUT2D eigenvalue weighted by Crippen LogP contribution is -2.32. The number of aromatic nitrogens is 4. The van der Waals surface area contributed by atoms with E-state index in [9.17, 15) is 9.59 Å². The average Bonchev–Trinajstić information content (AvgIpc) is 3.43. The molecule has 5 rings (SSSR count). The zero-order valence-corrected chi connectivity index (χ0v) is 17.4. The number of rotatable bonds is 4.